The van der Waals surface area contributed by atoms with E-state index in [0.29, 0.717) is 36.1 Å². The Bertz CT molecular complexity index is 991. The SMILES string of the molecule is CCN=C1S/C(=C/c2cc(I)c(OCc3ccc(I)cc3)c(OC)c2)C(=O)N1CC. The second kappa shape index (κ2) is 10.9. The highest BCUT2D eigenvalue weighted by Crippen LogP contribution is 2.37. The molecule has 8 heteroatoms. The average molecular weight is 648 g/mol. The van der Waals surface area contributed by atoms with E-state index in [0.717, 1.165) is 19.9 Å². The van der Waals surface area contributed by atoms with Gasteiger partial charge in [0.25, 0.3) is 5.91 Å². The molecule has 0 N–H and O–H groups in total. The van der Waals surface area contributed by atoms with Crippen molar-refractivity contribution in [2.45, 2.75) is 20.5 Å². The third-order valence-corrected chi connectivity index (χ3v) is 6.91. The maximum absolute atomic E-state index is 12.7. The molecule has 0 radical (unpaired) electrons. The number of carbonyl (C=O) groups excluding carboxylic acids is 1. The summed E-state index contributed by atoms with van der Waals surface area (Å²) in [5.74, 6) is 1.33. The third kappa shape index (κ3) is 5.50. The van der Waals surface area contributed by atoms with Crippen molar-refractivity contribution >= 4 is 74.1 Å². The maximum Gasteiger partial charge on any atom is 0.266 e. The van der Waals surface area contributed by atoms with Gasteiger partial charge >= 0.3 is 0 Å². The molecule has 0 bridgehead atoms. The van der Waals surface area contributed by atoms with E-state index < -0.39 is 0 Å². The summed E-state index contributed by atoms with van der Waals surface area (Å²) in [6, 6.07) is 12.1. The summed E-state index contributed by atoms with van der Waals surface area (Å²) in [5, 5.41) is 0.760. The molecule has 30 heavy (non-hydrogen) atoms. The fourth-order valence-corrected chi connectivity index (χ4v) is 5.14. The number of halogens is 2. The molecule has 2 aromatic rings. The van der Waals surface area contributed by atoms with Crippen LogP contribution in [0, 0.1) is 7.14 Å². The van der Waals surface area contributed by atoms with Gasteiger partial charge in [-0.05, 0) is 112 Å². The Morgan fingerprint density at radius 1 is 1.17 bits per heavy atom. The van der Waals surface area contributed by atoms with Gasteiger partial charge in [0.15, 0.2) is 16.7 Å². The lowest BCUT2D eigenvalue weighted by Crippen LogP contribution is -2.28. The van der Waals surface area contributed by atoms with Crippen molar-refractivity contribution in [1.29, 1.82) is 0 Å². The Balaban J connectivity index is 1.84. The molecule has 1 saturated heterocycles. The smallest absolute Gasteiger partial charge is 0.266 e. The number of carbonyl (C=O) groups is 1. The van der Waals surface area contributed by atoms with E-state index in [2.05, 4.69) is 74.4 Å². The van der Waals surface area contributed by atoms with Crippen LogP contribution in [0.1, 0.15) is 25.0 Å². The molecule has 0 unspecified atom stereocenters. The van der Waals surface area contributed by atoms with Crippen molar-refractivity contribution in [1.82, 2.24) is 4.90 Å². The zero-order chi connectivity index (χ0) is 21.7. The average Bonchev–Trinajstić information content (AvgIpc) is 3.02. The Morgan fingerprint density at radius 3 is 2.53 bits per heavy atom. The highest BCUT2D eigenvalue weighted by Gasteiger charge is 2.31. The van der Waals surface area contributed by atoms with Gasteiger partial charge < -0.3 is 9.47 Å². The van der Waals surface area contributed by atoms with Crippen LogP contribution in [-0.2, 0) is 11.4 Å². The predicted octanol–water partition coefficient (Wildman–Crippen LogP) is 5.80. The van der Waals surface area contributed by atoms with Gasteiger partial charge in [0.2, 0.25) is 0 Å². The molecule has 0 aromatic heterocycles. The number of amides is 1. The van der Waals surface area contributed by atoms with E-state index >= 15 is 0 Å². The third-order valence-electron chi connectivity index (χ3n) is 4.34. The number of thioether (sulfide) groups is 1. The van der Waals surface area contributed by atoms with Gasteiger partial charge in [-0.3, -0.25) is 14.7 Å². The number of likely N-dealkylation sites (N-methyl/N-ethyl adjacent to an activating group) is 1. The standard InChI is InChI=1S/C22H22I2N2O3S/c1-4-25-22-26(5-2)21(27)19(30-22)12-15-10-17(24)20(18(11-15)28-3)29-13-14-6-8-16(23)9-7-14/h6-12H,4-5,13H2,1-3H3/b19-12+,25-22?. The summed E-state index contributed by atoms with van der Waals surface area (Å²) in [6.07, 6.45) is 1.89. The highest BCUT2D eigenvalue weighted by molar-refractivity contribution is 14.1. The zero-order valence-corrected chi connectivity index (χ0v) is 22.1. The minimum absolute atomic E-state index is 0.0114. The maximum atomic E-state index is 12.7. The lowest BCUT2D eigenvalue weighted by Gasteiger charge is -2.14. The van der Waals surface area contributed by atoms with E-state index in [9.17, 15) is 4.79 Å². The summed E-state index contributed by atoms with van der Waals surface area (Å²) in [6.45, 7) is 5.64. The summed E-state index contributed by atoms with van der Waals surface area (Å²) >= 11 is 5.94. The molecule has 1 fully saturated rings. The zero-order valence-electron chi connectivity index (χ0n) is 16.9. The second-order valence-corrected chi connectivity index (χ2v) is 9.78. The van der Waals surface area contributed by atoms with Crippen molar-refractivity contribution in [3.8, 4) is 11.5 Å². The molecule has 0 atom stereocenters. The second-order valence-electron chi connectivity index (χ2n) is 6.37. The molecule has 0 aliphatic carbocycles. The summed E-state index contributed by atoms with van der Waals surface area (Å²) in [5.41, 5.74) is 1.98. The van der Waals surface area contributed by atoms with E-state index in [1.165, 1.54) is 15.3 Å². The normalized spacial score (nSPS) is 16.6. The minimum atomic E-state index is -0.0114. The van der Waals surface area contributed by atoms with Crippen LogP contribution in [0.4, 0.5) is 0 Å². The monoisotopic (exact) mass is 648 g/mol. The molecule has 3 rings (SSSR count). The Kier molecular flexibility index (Phi) is 8.46. The lowest BCUT2D eigenvalue weighted by atomic mass is 10.1. The van der Waals surface area contributed by atoms with Crippen LogP contribution in [0.3, 0.4) is 0 Å². The Morgan fingerprint density at radius 2 is 1.90 bits per heavy atom. The minimum Gasteiger partial charge on any atom is -0.493 e. The van der Waals surface area contributed by atoms with Crippen LogP contribution in [0.25, 0.3) is 6.08 Å². The molecule has 0 saturated carbocycles. The van der Waals surface area contributed by atoms with E-state index in [-0.39, 0.29) is 5.91 Å². The molecule has 1 heterocycles. The van der Waals surface area contributed by atoms with E-state index in [4.69, 9.17) is 9.47 Å². The molecule has 0 spiro atoms. The van der Waals surface area contributed by atoms with Crippen molar-refractivity contribution in [2.75, 3.05) is 20.2 Å². The fraction of sp³-hybridized carbons (Fsp3) is 0.273. The van der Waals surface area contributed by atoms with Gasteiger partial charge in [0.1, 0.15) is 6.61 Å². The van der Waals surface area contributed by atoms with E-state index in [1.54, 1.807) is 12.0 Å². The van der Waals surface area contributed by atoms with Crippen LogP contribution in [0.2, 0.25) is 0 Å². The van der Waals surface area contributed by atoms with Gasteiger partial charge in [-0.15, -0.1) is 0 Å². The van der Waals surface area contributed by atoms with Crippen LogP contribution < -0.4 is 9.47 Å². The van der Waals surface area contributed by atoms with Crippen molar-refractivity contribution in [2.24, 2.45) is 4.99 Å². The predicted molar refractivity (Wildman–Crippen MR) is 140 cm³/mol. The van der Waals surface area contributed by atoms with Crippen LogP contribution in [0.15, 0.2) is 46.3 Å². The van der Waals surface area contributed by atoms with Crippen molar-refractivity contribution in [3.05, 3.63) is 59.6 Å². The number of nitrogens with zero attached hydrogens (tertiary/aromatic N) is 2. The molecule has 5 nitrogen and oxygen atoms in total. The number of hydrogen-bond acceptors (Lipinski definition) is 5. The Hall–Kier alpha value is -1.27. The van der Waals surface area contributed by atoms with Gasteiger partial charge in [0, 0.05) is 16.7 Å². The van der Waals surface area contributed by atoms with Gasteiger partial charge in [-0.2, -0.15) is 0 Å². The van der Waals surface area contributed by atoms with Crippen molar-refractivity contribution < 1.29 is 14.3 Å². The highest BCUT2D eigenvalue weighted by atomic mass is 127. The first kappa shape index (κ1) is 23.4. The number of benzene rings is 2. The summed E-state index contributed by atoms with van der Waals surface area (Å²) < 4.78 is 13.8. The Labute approximate surface area is 208 Å². The molecule has 1 amide bonds. The molecule has 158 valence electrons. The molecular weight excluding hydrogens is 626 g/mol. The van der Waals surface area contributed by atoms with Crippen LogP contribution >= 0.6 is 56.9 Å². The summed E-state index contributed by atoms with van der Waals surface area (Å²) in [7, 11) is 1.63. The number of ether oxygens (including phenoxy) is 2. The van der Waals surface area contributed by atoms with Crippen LogP contribution in [-0.4, -0.2) is 36.2 Å². The number of amidine groups is 1. The molecule has 1 aliphatic rings. The van der Waals surface area contributed by atoms with Crippen LogP contribution in [0.5, 0.6) is 11.5 Å². The first-order valence-corrected chi connectivity index (χ1v) is 12.4. The van der Waals surface area contributed by atoms with Crippen molar-refractivity contribution in [3.63, 3.8) is 0 Å². The van der Waals surface area contributed by atoms with Gasteiger partial charge in [0.05, 0.1) is 15.6 Å². The number of aliphatic imine (C=N–C) groups is 1. The number of hydrogen-bond donors (Lipinski definition) is 0. The lowest BCUT2D eigenvalue weighted by molar-refractivity contribution is -0.122. The number of methoxy groups -OCH3 is 1. The van der Waals surface area contributed by atoms with E-state index in [1.807, 2.05) is 32.1 Å². The number of rotatable bonds is 7. The molecule has 2 aromatic carbocycles. The first-order valence-electron chi connectivity index (χ1n) is 9.47. The van der Waals surface area contributed by atoms with Gasteiger partial charge in [-0.25, -0.2) is 0 Å². The van der Waals surface area contributed by atoms with Gasteiger partial charge in [-0.1, -0.05) is 12.1 Å². The largest absolute Gasteiger partial charge is 0.493 e. The topological polar surface area (TPSA) is 51.1 Å². The molecular formula is C22H22I2N2O3S. The first-order chi connectivity index (χ1) is 14.5. The molecule has 1 aliphatic heterocycles. The fourth-order valence-electron chi connectivity index (χ4n) is 2.89. The summed E-state index contributed by atoms with van der Waals surface area (Å²) in [4.78, 5) is 19.5. The quantitative estimate of drug-likeness (QED) is 0.282.